The van der Waals surface area contributed by atoms with Gasteiger partial charge in [-0.1, -0.05) is 13.3 Å². The lowest BCUT2D eigenvalue weighted by Gasteiger charge is -1.85. The Morgan fingerprint density at radius 3 is 1.67 bits per heavy atom. The topological polar surface area (TPSA) is 106 Å². The van der Waals surface area contributed by atoms with Crippen molar-refractivity contribution in [1.82, 2.24) is 0 Å². The van der Waals surface area contributed by atoms with Crippen LogP contribution in [0.5, 0.6) is 0 Å². The van der Waals surface area contributed by atoms with Crippen LogP contribution in [-0.2, 0) is 9.59 Å². The molecule has 0 amide bonds. The van der Waals surface area contributed by atoms with Gasteiger partial charge in [0.05, 0.1) is 0 Å². The van der Waals surface area contributed by atoms with Crippen LogP contribution in [0.15, 0.2) is 0 Å². The number of carbonyl (C=O) groups is 2. The highest BCUT2D eigenvalue weighted by molar-refractivity contribution is 5.66. The van der Waals surface area contributed by atoms with E-state index in [1.165, 1.54) is 0 Å². The minimum atomic E-state index is -0.833. The molecule has 0 saturated carbocycles. The average Bonchev–Trinajstić information content (AvgIpc) is 1.82. The molecule has 0 spiro atoms. The van der Waals surface area contributed by atoms with E-state index >= 15 is 0 Å². The molecule has 0 aliphatic rings. The third-order valence-corrected chi connectivity index (χ3v) is 0.744. The molecule has 0 radical (unpaired) electrons. The lowest BCUT2D eigenvalue weighted by molar-refractivity contribution is -0.137. The third kappa shape index (κ3) is 66.0. The van der Waals surface area contributed by atoms with Gasteiger partial charge in [-0.3, -0.25) is 9.59 Å². The smallest absolute Gasteiger partial charge is 0.303 e. The van der Waals surface area contributed by atoms with Crippen molar-refractivity contribution in [2.24, 2.45) is 0 Å². The van der Waals surface area contributed by atoms with Crippen LogP contribution in [0.3, 0.4) is 0 Å². The molecule has 4 N–H and O–H groups in total. The van der Waals surface area contributed by atoms with Gasteiger partial charge in [-0.15, -0.1) is 0 Å². The second-order valence-corrected chi connectivity index (χ2v) is 2.02. The second-order valence-electron chi connectivity index (χ2n) is 2.02. The highest BCUT2D eigenvalue weighted by Crippen LogP contribution is 1.91. The van der Waals surface area contributed by atoms with Crippen LogP contribution in [0.2, 0.25) is 0 Å². The Hall–Kier alpha value is -1.10. The van der Waals surface area contributed by atoms with E-state index in [1.807, 2.05) is 6.92 Å². The number of carboxylic acid groups (broad SMARTS) is 2. The first-order valence-corrected chi connectivity index (χ1v) is 3.42. The number of hydrogen-bond acceptors (Lipinski definition) is 2. The summed E-state index contributed by atoms with van der Waals surface area (Å²) in [6, 6.07) is 0. The molecule has 5 nitrogen and oxygen atoms in total. The molecule has 0 aliphatic heterocycles. The third-order valence-electron chi connectivity index (χ3n) is 0.744. The summed E-state index contributed by atoms with van der Waals surface area (Å²) in [5.74, 6) is -1.53. The van der Waals surface area contributed by atoms with Crippen molar-refractivity contribution in [3.8, 4) is 0 Å². The quantitative estimate of drug-likeness (QED) is 0.660. The summed E-state index contributed by atoms with van der Waals surface area (Å²) in [5.41, 5.74) is 0. The fourth-order valence-electron chi connectivity index (χ4n) is 0.328. The van der Waals surface area contributed by atoms with Crippen LogP contribution in [-0.4, -0.2) is 27.6 Å². The first-order chi connectivity index (χ1) is 5.00. The van der Waals surface area contributed by atoms with Crippen LogP contribution >= 0.6 is 0 Å². The predicted octanol–water partition coefficient (Wildman–Crippen LogP) is 0.527. The highest BCUT2D eigenvalue weighted by atomic mass is 16.4. The minimum Gasteiger partial charge on any atom is -0.481 e. The van der Waals surface area contributed by atoms with Crippen LogP contribution < -0.4 is 0 Å². The number of hydrogen-bond donors (Lipinski definition) is 2. The van der Waals surface area contributed by atoms with E-state index in [4.69, 9.17) is 15.0 Å². The first kappa shape index (κ1) is 17.1. The van der Waals surface area contributed by atoms with Gasteiger partial charge in [-0.05, 0) is 6.42 Å². The van der Waals surface area contributed by atoms with Gasteiger partial charge in [0, 0.05) is 13.3 Å². The molecular formula is C7H16O5. The predicted molar refractivity (Wildman–Crippen MR) is 44.1 cm³/mol. The van der Waals surface area contributed by atoms with Crippen LogP contribution in [0, 0.1) is 0 Å². The van der Waals surface area contributed by atoms with Gasteiger partial charge in [0.1, 0.15) is 0 Å². The van der Waals surface area contributed by atoms with E-state index in [0.717, 1.165) is 19.8 Å². The van der Waals surface area contributed by atoms with Crippen molar-refractivity contribution in [1.29, 1.82) is 0 Å². The zero-order valence-electron chi connectivity index (χ0n) is 7.33. The zero-order valence-corrected chi connectivity index (χ0v) is 7.33. The maximum Gasteiger partial charge on any atom is 0.303 e. The van der Waals surface area contributed by atoms with Crippen LogP contribution in [0.4, 0.5) is 0 Å². The Morgan fingerprint density at radius 2 is 1.58 bits per heavy atom. The normalized spacial score (nSPS) is 7.17. The number of unbranched alkanes of at least 4 members (excludes halogenated alkanes) is 1. The molecule has 0 bridgehead atoms. The van der Waals surface area contributed by atoms with E-state index in [1.54, 1.807) is 0 Å². The maximum absolute atomic E-state index is 9.76. The van der Waals surface area contributed by atoms with E-state index in [-0.39, 0.29) is 5.48 Å². The van der Waals surface area contributed by atoms with Crippen molar-refractivity contribution >= 4 is 11.9 Å². The molecular weight excluding hydrogens is 164 g/mol. The van der Waals surface area contributed by atoms with E-state index in [9.17, 15) is 4.79 Å². The largest absolute Gasteiger partial charge is 0.481 e. The molecule has 0 aromatic carbocycles. The lowest BCUT2D eigenvalue weighted by atomic mass is 10.3. The molecule has 0 fully saturated rings. The van der Waals surface area contributed by atoms with Crippen molar-refractivity contribution in [3.63, 3.8) is 0 Å². The van der Waals surface area contributed by atoms with Crippen LogP contribution in [0.25, 0.3) is 0 Å². The molecule has 0 atom stereocenters. The van der Waals surface area contributed by atoms with Crippen molar-refractivity contribution < 1.29 is 25.3 Å². The molecule has 0 rings (SSSR count). The van der Waals surface area contributed by atoms with Gasteiger partial charge in [0.15, 0.2) is 0 Å². The molecule has 74 valence electrons. The van der Waals surface area contributed by atoms with E-state index in [0.29, 0.717) is 6.42 Å². The Bertz CT molecular complexity index is 117. The van der Waals surface area contributed by atoms with Gasteiger partial charge in [-0.25, -0.2) is 0 Å². The fraction of sp³-hybridized carbons (Fsp3) is 0.714. The Balaban J connectivity index is -0.000000142. The van der Waals surface area contributed by atoms with Crippen molar-refractivity contribution in [3.05, 3.63) is 0 Å². The summed E-state index contributed by atoms with van der Waals surface area (Å²) in [7, 11) is 0. The first-order valence-electron chi connectivity index (χ1n) is 3.42. The van der Waals surface area contributed by atoms with Gasteiger partial charge >= 0.3 is 5.97 Å². The molecule has 0 aromatic heterocycles. The molecule has 0 unspecified atom stereocenters. The number of aliphatic carboxylic acids is 2. The molecule has 5 heteroatoms. The highest BCUT2D eigenvalue weighted by Gasteiger charge is 1.90. The molecule has 0 saturated heterocycles. The summed E-state index contributed by atoms with van der Waals surface area (Å²) < 4.78 is 0. The average molecular weight is 180 g/mol. The molecule has 0 heterocycles. The molecule has 0 aromatic rings. The standard InChI is InChI=1S/C5H10O2.C2H4O2.H2O/c1-2-3-4-5(6)7;1-2(3)4;/h2-4H2,1H3,(H,6,7);1H3,(H,3,4);1H2. The van der Waals surface area contributed by atoms with Gasteiger partial charge in [-0.2, -0.15) is 0 Å². The Kier molecular flexibility index (Phi) is 17.9. The van der Waals surface area contributed by atoms with Gasteiger partial charge in [0.2, 0.25) is 0 Å². The van der Waals surface area contributed by atoms with Gasteiger partial charge < -0.3 is 15.7 Å². The Labute approximate surface area is 71.3 Å². The maximum atomic E-state index is 9.76. The molecule has 0 aliphatic carbocycles. The Morgan fingerprint density at radius 1 is 1.25 bits per heavy atom. The number of carboxylic acids is 2. The molecule has 12 heavy (non-hydrogen) atoms. The monoisotopic (exact) mass is 180 g/mol. The second kappa shape index (κ2) is 12.6. The zero-order chi connectivity index (χ0) is 9.28. The summed E-state index contributed by atoms with van der Waals surface area (Å²) in [5, 5.41) is 15.5. The summed E-state index contributed by atoms with van der Waals surface area (Å²) in [6.45, 7) is 3.06. The van der Waals surface area contributed by atoms with E-state index < -0.39 is 11.9 Å². The van der Waals surface area contributed by atoms with Crippen molar-refractivity contribution in [2.75, 3.05) is 0 Å². The van der Waals surface area contributed by atoms with E-state index in [2.05, 4.69) is 0 Å². The summed E-state index contributed by atoms with van der Waals surface area (Å²) in [6.07, 6.45) is 2.08. The summed E-state index contributed by atoms with van der Waals surface area (Å²) >= 11 is 0. The minimum absolute atomic E-state index is 0. The fourth-order valence-corrected chi connectivity index (χ4v) is 0.328. The SMILES string of the molecule is CC(=O)O.CCCCC(=O)O.O. The van der Waals surface area contributed by atoms with Crippen LogP contribution in [0.1, 0.15) is 33.1 Å². The number of rotatable bonds is 3. The van der Waals surface area contributed by atoms with Gasteiger partial charge in [0.25, 0.3) is 5.97 Å². The summed E-state index contributed by atoms with van der Waals surface area (Å²) in [4.78, 5) is 18.8. The van der Waals surface area contributed by atoms with Crippen molar-refractivity contribution in [2.45, 2.75) is 33.1 Å². The lowest BCUT2D eigenvalue weighted by Crippen LogP contribution is -1.91.